The van der Waals surface area contributed by atoms with Crippen LogP contribution in [0.1, 0.15) is 20.7 Å². The quantitative estimate of drug-likeness (QED) is 0.752. The fourth-order valence-corrected chi connectivity index (χ4v) is 1.55. The van der Waals surface area contributed by atoms with Crippen molar-refractivity contribution in [2.45, 2.75) is 0 Å². The fourth-order valence-electron chi connectivity index (χ4n) is 1.55. The van der Waals surface area contributed by atoms with Crippen LogP contribution in [0.3, 0.4) is 0 Å². The van der Waals surface area contributed by atoms with Crippen LogP contribution < -0.4 is 0 Å². The number of carboxylic acid groups (broad SMARTS) is 1. The van der Waals surface area contributed by atoms with E-state index in [9.17, 15) is 9.59 Å². The van der Waals surface area contributed by atoms with Gasteiger partial charge in [-0.15, -0.1) is 0 Å². The molecule has 5 nitrogen and oxygen atoms in total. The van der Waals surface area contributed by atoms with Crippen LogP contribution in [0, 0.1) is 0 Å². The Balaban J connectivity index is 2.57. The Labute approximate surface area is 90.6 Å². The lowest BCUT2D eigenvalue weighted by Crippen LogP contribution is -2.00. The van der Waals surface area contributed by atoms with Crippen LogP contribution in [0.25, 0.3) is 10.9 Å². The first kappa shape index (κ1) is 10.2. The maximum Gasteiger partial charge on any atom is 0.337 e. The van der Waals surface area contributed by atoms with Gasteiger partial charge >= 0.3 is 11.9 Å². The number of esters is 1. The highest BCUT2D eigenvalue weighted by Gasteiger charge is 2.12. The zero-order valence-corrected chi connectivity index (χ0v) is 8.48. The van der Waals surface area contributed by atoms with Crippen LogP contribution in [0.5, 0.6) is 0 Å². The maximum absolute atomic E-state index is 11.2. The van der Waals surface area contributed by atoms with Crippen molar-refractivity contribution in [2.24, 2.45) is 0 Å². The number of hydrogen-bond donors (Lipinski definition) is 2. The molecule has 0 spiro atoms. The second kappa shape index (κ2) is 3.69. The van der Waals surface area contributed by atoms with Crippen LogP contribution in [0.15, 0.2) is 24.4 Å². The highest BCUT2D eigenvalue weighted by molar-refractivity contribution is 6.05. The predicted octanol–water partition coefficient (Wildman–Crippen LogP) is 1.65. The third-order valence-corrected chi connectivity index (χ3v) is 2.33. The highest BCUT2D eigenvalue weighted by atomic mass is 16.5. The molecule has 1 heterocycles. The van der Waals surface area contributed by atoms with Crippen molar-refractivity contribution in [3.05, 3.63) is 35.5 Å². The van der Waals surface area contributed by atoms with Crippen molar-refractivity contribution < 1.29 is 19.4 Å². The Hall–Kier alpha value is -2.30. The topological polar surface area (TPSA) is 79.4 Å². The average Bonchev–Trinajstić information content (AvgIpc) is 2.70. The number of rotatable bonds is 2. The van der Waals surface area contributed by atoms with E-state index in [4.69, 9.17) is 5.11 Å². The lowest BCUT2D eigenvalue weighted by Gasteiger charge is -1.99. The largest absolute Gasteiger partial charge is 0.478 e. The number of nitrogens with one attached hydrogen (secondary N) is 1. The van der Waals surface area contributed by atoms with E-state index in [-0.39, 0.29) is 5.56 Å². The van der Waals surface area contributed by atoms with Gasteiger partial charge in [0, 0.05) is 17.1 Å². The number of ether oxygens (including phenoxy) is 1. The van der Waals surface area contributed by atoms with Crippen molar-refractivity contribution in [2.75, 3.05) is 7.11 Å². The summed E-state index contributed by atoms with van der Waals surface area (Å²) in [6.45, 7) is 0. The van der Waals surface area contributed by atoms with E-state index >= 15 is 0 Å². The van der Waals surface area contributed by atoms with Crippen LogP contribution in [-0.2, 0) is 4.74 Å². The van der Waals surface area contributed by atoms with Gasteiger partial charge in [0.1, 0.15) is 0 Å². The number of carboxylic acids is 1. The van der Waals surface area contributed by atoms with Crippen molar-refractivity contribution in [1.29, 1.82) is 0 Å². The minimum absolute atomic E-state index is 0.186. The number of H-pyrrole nitrogens is 1. The summed E-state index contributed by atoms with van der Waals surface area (Å²) < 4.78 is 4.57. The van der Waals surface area contributed by atoms with Gasteiger partial charge in [-0.1, -0.05) is 6.07 Å². The molecule has 0 aliphatic rings. The number of aromatic amines is 1. The smallest absolute Gasteiger partial charge is 0.337 e. The molecule has 0 bridgehead atoms. The molecule has 2 rings (SSSR count). The summed E-state index contributed by atoms with van der Waals surface area (Å²) in [5, 5.41) is 9.45. The summed E-state index contributed by atoms with van der Waals surface area (Å²) in [5.41, 5.74) is 1.17. The van der Waals surface area contributed by atoms with Crippen molar-refractivity contribution in [1.82, 2.24) is 4.98 Å². The van der Waals surface area contributed by atoms with Gasteiger partial charge in [0.15, 0.2) is 0 Å². The van der Waals surface area contributed by atoms with Crippen LogP contribution in [0.4, 0.5) is 0 Å². The van der Waals surface area contributed by atoms with E-state index in [0.29, 0.717) is 16.5 Å². The Morgan fingerprint density at radius 2 is 2.12 bits per heavy atom. The molecule has 1 aromatic carbocycles. The standard InChI is InChI=1S/C11H9NO4/c1-16-11(15)6-2-3-7-8(10(13)14)5-12-9(7)4-6/h2-5,12H,1H3,(H,13,14). The number of aromatic carboxylic acids is 1. The molecule has 1 aromatic heterocycles. The van der Waals surface area contributed by atoms with Gasteiger partial charge in [-0.2, -0.15) is 0 Å². The normalized spacial score (nSPS) is 10.3. The first-order valence-electron chi connectivity index (χ1n) is 4.56. The van der Waals surface area contributed by atoms with Crippen LogP contribution in [-0.4, -0.2) is 29.1 Å². The number of carbonyl (C=O) groups is 2. The molecule has 2 aromatic rings. The van der Waals surface area contributed by atoms with Crippen LogP contribution >= 0.6 is 0 Å². The van der Waals surface area contributed by atoms with Gasteiger partial charge in [0.05, 0.1) is 18.2 Å². The molecule has 0 radical (unpaired) electrons. The van der Waals surface area contributed by atoms with Gasteiger partial charge in [-0.25, -0.2) is 9.59 Å². The Kier molecular flexibility index (Phi) is 2.36. The Morgan fingerprint density at radius 1 is 1.38 bits per heavy atom. The van der Waals surface area contributed by atoms with E-state index in [1.807, 2.05) is 0 Å². The molecular weight excluding hydrogens is 210 g/mol. The van der Waals surface area contributed by atoms with E-state index in [2.05, 4.69) is 9.72 Å². The molecule has 0 unspecified atom stereocenters. The van der Waals surface area contributed by atoms with Gasteiger partial charge in [0.2, 0.25) is 0 Å². The van der Waals surface area contributed by atoms with Gasteiger partial charge in [-0.05, 0) is 12.1 Å². The summed E-state index contributed by atoms with van der Waals surface area (Å²) >= 11 is 0. The Morgan fingerprint density at radius 3 is 2.75 bits per heavy atom. The molecule has 16 heavy (non-hydrogen) atoms. The Bertz CT molecular complexity index is 570. The van der Waals surface area contributed by atoms with E-state index in [0.717, 1.165) is 0 Å². The first-order chi connectivity index (χ1) is 7.63. The SMILES string of the molecule is COC(=O)c1ccc2c(C(=O)O)c[nH]c2c1. The number of hydrogen-bond acceptors (Lipinski definition) is 3. The summed E-state index contributed by atoms with van der Waals surface area (Å²) in [5.74, 6) is -1.45. The lowest BCUT2D eigenvalue weighted by molar-refractivity contribution is 0.0600. The second-order valence-electron chi connectivity index (χ2n) is 3.26. The molecular formula is C11H9NO4. The number of methoxy groups -OCH3 is 1. The summed E-state index contributed by atoms with van der Waals surface area (Å²) in [6.07, 6.45) is 1.40. The van der Waals surface area contributed by atoms with Crippen LogP contribution in [0.2, 0.25) is 0 Å². The minimum atomic E-state index is -1.00. The molecule has 82 valence electrons. The molecule has 0 amide bonds. The van der Waals surface area contributed by atoms with E-state index in [1.165, 1.54) is 19.4 Å². The molecule has 2 N–H and O–H groups in total. The molecule has 0 aliphatic carbocycles. The summed E-state index contributed by atoms with van der Waals surface area (Å²) in [4.78, 5) is 24.9. The van der Waals surface area contributed by atoms with E-state index in [1.54, 1.807) is 12.1 Å². The summed E-state index contributed by atoms with van der Waals surface area (Å²) in [6, 6.07) is 4.68. The highest BCUT2D eigenvalue weighted by Crippen LogP contribution is 2.19. The van der Waals surface area contributed by atoms with Crippen molar-refractivity contribution in [3.63, 3.8) is 0 Å². The van der Waals surface area contributed by atoms with Gasteiger partial charge < -0.3 is 14.8 Å². The molecule has 0 aliphatic heterocycles. The average molecular weight is 219 g/mol. The summed E-state index contributed by atoms with van der Waals surface area (Å²) in [7, 11) is 1.30. The lowest BCUT2D eigenvalue weighted by atomic mass is 10.1. The molecule has 0 fully saturated rings. The second-order valence-corrected chi connectivity index (χ2v) is 3.26. The number of fused-ring (bicyclic) bond motifs is 1. The molecule has 0 atom stereocenters. The fraction of sp³-hybridized carbons (Fsp3) is 0.0909. The van der Waals surface area contributed by atoms with Crippen molar-refractivity contribution in [3.8, 4) is 0 Å². The number of aromatic nitrogens is 1. The third-order valence-electron chi connectivity index (χ3n) is 2.33. The van der Waals surface area contributed by atoms with E-state index < -0.39 is 11.9 Å². The zero-order valence-electron chi connectivity index (χ0n) is 8.48. The van der Waals surface area contributed by atoms with Gasteiger partial charge in [0.25, 0.3) is 0 Å². The van der Waals surface area contributed by atoms with Crippen molar-refractivity contribution >= 4 is 22.8 Å². The predicted molar refractivity (Wildman–Crippen MR) is 56.6 cm³/mol. The molecule has 0 saturated carbocycles. The number of benzene rings is 1. The maximum atomic E-state index is 11.2. The zero-order chi connectivity index (χ0) is 11.7. The first-order valence-corrected chi connectivity index (χ1v) is 4.56. The third kappa shape index (κ3) is 1.52. The minimum Gasteiger partial charge on any atom is -0.478 e. The number of carbonyl (C=O) groups excluding carboxylic acids is 1. The molecule has 5 heteroatoms. The van der Waals surface area contributed by atoms with Gasteiger partial charge in [-0.3, -0.25) is 0 Å². The molecule has 0 saturated heterocycles. The monoisotopic (exact) mass is 219 g/mol.